The number of benzene rings is 1. The van der Waals surface area contributed by atoms with Gasteiger partial charge in [0, 0.05) is 24.1 Å². The van der Waals surface area contributed by atoms with Crippen LogP contribution in [0.25, 0.3) is 5.82 Å². The Morgan fingerprint density at radius 2 is 1.81 bits per heavy atom. The lowest BCUT2D eigenvalue weighted by molar-refractivity contribution is -0.116. The molecule has 1 aromatic carbocycles. The SMILES string of the molecule is CC(C)(C)c1cc(NC(=O)CCc2ccccc2)n(-c2ccccn2)n1. The summed E-state index contributed by atoms with van der Waals surface area (Å²) < 4.78 is 1.70. The minimum absolute atomic E-state index is 0.0357. The molecule has 0 aliphatic carbocycles. The highest BCUT2D eigenvalue weighted by Crippen LogP contribution is 2.25. The number of nitrogens with zero attached hydrogens (tertiary/aromatic N) is 3. The number of nitrogens with one attached hydrogen (secondary N) is 1. The number of carbonyl (C=O) groups is 1. The number of carbonyl (C=O) groups excluding carboxylic acids is 1. The fraction of sp³-hybridized carbons (Fsp3) is 0.286. The van der Waals surface area contributed by atoms with Gasteiger partial charge in [0.1, 0.15) is 5.82 Å². The molecule has 1 amide bonds. The molecule has 0 radical (unpaired) electrons. The first-order valence-electron chi connectivity index (χ1n) is 8.79. The number of anilines is 1. The summed E-state index contributed by atoms with van der Waals surface area (Å²) in [6.45, 7) is 6.29. The minimum Gasteiger partial charge on any atom is -0.311 e. The maximum atomic E-state index is 12.5. The van der Waals surface area contributed by atoms with Crippen molar-refractivity contribution in [3.63, 3.8) is 0 Å². The van der Waals surface area contributed by atoms with Crippen molar-refractivity contribution in [1.82, 2.24) is 14.8 Å². The molecule has 1 N–H and O–H groups in total. The molecule has 0 unspecified atom stereocenters. The van der Waals surface area contributed by atoms with E-state index in [-0.39, 0.29) is 11.3 Å². The summed E-state index contributed by atoms with van der Waals surface area (Å²) in [4.78, 5) is 16.8. The normalized spacial score (nSPS) is 11.3. The predicted molar refractivity (Wildman–Crippen MR) is 103 cm³/mol. The van der Waals surface area contributed by atoms with Gasteiger partial charge in [-0.3, -0.25) is 4.79 Å². The maximum Gasteiger partial charge on any atom is 0.225 e. The van der Waals surface area contributed by atoms with Crippen molar-refractivity contribution in [2.45, 2.75) is 39.0 Å². The van der Waals surface area contributed by atoms with Crippen LogP contribution in [0.5, 0.6) is 0 Å². The van der Waals surface area contributed by atoms with Crippen molar-refractivity contribution in [3.8, 4) is 5.82 Å². The average molecular weight is 348 g/mol. The zero-order valence-electron chi connectivity index (χ0n) is 15.4. The van der Waals surface area contributed by atoms with Crippen molar-refractivity contribution in [1.29, 1.82) is 0 Å². The first-order valence-corrected chi connectivity index (χ1v) is 8.79. The molecule has 134 valence electrons. The van der Waals surface area contributed by atoms with Crippen LogP contribution in [0.1, 0.15) is 38.4 Å². The van der Waals surface area contributed by atoms with Crippen LogP contribution in [0, 0.1) is 0 Å². The van der Waals surface area contributed by atoms with Crippen LogP contribution in [0.2, 0.25) is 0 Å². The second-order valence-electron chi connectivity index (χ2n) is 7.30. The molecular formula is C21H24N4O. The quantitative estimate of drug-likeness (QED) is 0.754. The minimum atomic E-state index is -0.121. The fourth-order valence-electron chi connectivity index (χ4n) is 2.60. The van der Waals surface area contributed by atoms with Gasteiger partial charge in [0.25, 0.3) is 0 Å². The summed E-state index contributed by atoms with van der Waals surface area (Å²) in [6.07, 6.45) is 2.84. The zero-order valence-corrected chi connectivity index (χ0v) is 15.4. The highest BCUT2D eigenvalue weighted by atomic mass is 16.1. The molecule has 0 atom stereocenters. The monoisotopic (exact) mass is 348 g/mol. The Morgan fingerprint density at radius 3 is 2.46 bits per heavy atom. The van der Waals surface area contributed by atoms with Crippen LogP contribution in [0.15, 0.2) is 60.8 Å². The van der Waals surface area contributed by atoms with Gasteiger partial charge in [-0.15, -0.1) is 0 Å². The highest BCUT2D eigenvalue weighted by Gasteiger charge is 2.21. The Labute approximate surface area is 154 Å². The molecule has 2 heterocycles. The molecule has 2 aromatic heterocycles. The number of hydrogen-bond acceptors (Lipinski definition) is 3. The van der Waals surface area contributed by atoms with E-state index in [2.05, 4.69) is 36.2 Å². The first kappa shape index (κ1) is 17.9. The van der Waals surface area contributed by atoms with Crippen molar-refractivity contribution < 1.29 is 4.79 Å². The standard InChI is InChI=1S/C21H24N4O/c1-21(2,3)17-15-19(25(24-17)18-11-7-8-14-22-18)23-20(26)13-12-16-9-5-4-6-10-16/h4-11,14-15H,12-13H2,1-3H3,(H,23,26). The molecule has 0 spiro atoms. The third-order valence-electron chi connectivity index (χ3n) is 4.10. The van der Waals surface area contributed by atoms with E-state index in [4.69, 9.17) is 0 Å². The third kappa shape index (κ3) is 4.36. The summed E-state index contributed by atoms with van der Waals surface area (Å²) in [7, 11) is 0. The molecule has 0 fully saturated rings. The number of aryl methyl sites for hydroxylation is 1. The third-order valence-corrected chi connectivity index (χ3v) is 4.10. The van der Waals surface area contributed by atoms with Gasteiger partial charge >= 0.3 is 0 Å². The number of pyridine rings is 1. The van der Waals surface area contributed by atoms with E-state index in [0.717, 1.165) is 11.3 Å². The molecule has 0 aliphatic rings. The molecule has 3 aromatic rings. The van der Waals surface area contributed by atoms with E-state index < -0.39 is 0 Å². The lowest BCUT2D eigenvalue weighted by Gasteiger charge is -2.13. The topological polar surface area (TPSA) is 59.8 Å². The van der Waals surface area contributed by atoms with Gasteiger partial charge in [-0.25, -0.2) is 4.98 Å². The van der Waals surface area contributed by atoms with Crippen LogP contribution < -0.4 is 5.32 Å². The van der Waals surface area contributed by atoms with Crippen molar-refractivity contribution >= 4 is 11.7 Å². The molecule has 0 saturated carbocycles. The molecular weight excluding hydrogens is 324 g/mol. The van der Waals surface area contributed by atoms with Gasteiger partial charge in [-0.1, -0.05) is 57.2 Å². The summed E-state index contributed by atoms with van der Waals surface area (Å²) in [6, 6.07) is 17.6. The molecule has 0 bridgehead atoms. The average Bonchev–Trinajstić information content (AvgIpc) is 3.06. The van der Waals surface area contributed by atoms with Crippen molar-refractivity contribution in [2.24, 2.45) is 0 Å². The summed E-state index contributed by atoms with van der Waals surface area (Å²) in [5.74, 6) is 1.29. The predicted octanol–water partition coefficient (Wildman–Crippen LogP) is 4.14. The van der Waals surface area contributed by atoms with Gasteiger partial charge in [-0.05, 0) is 24.1 Å². The van der Waals surface area contributed by atoms with E-state index in [0.29, 0.717) is 24.5 Å². The number of hydrogen-bond donors (Lipinski definition) is 1. The molecule has 5 heteroatoms. The van der Waals surface area contributed by atoms with E-state index in [9.17, 15) is 4.79 Å². The van der Waals surface area contributed by atoms with E-state index in [1.165, 1.54) is 0 Å². The van der Waals surface area contributed by atoms with Crippen LogP contribution >= 0.6 is 0 Å². The number of aromatic nitrogens is 3. The first-order chi connectivity index (χ1) is 12.4. The second kappa shape index (κ2) is 7.52. The Morgan fingerprint density at radius 1 is 1.08 bits per heavy atom. The molecule has 0 aliphatic heterocycles. The largest absolute Gasteiger partial charge is 0.311 e. The van der Waals surface area contributed by atoms with Crippen LogP contribution in [-0.2, 0) is 16.6 Å². The van der Waals surface area contributed by atoms with Gasteiger partial charge < -0.3 is 5.32 Å². The summed E-state index contributed by atoms with van der Waals surface area (Å²) in [5, 5.41) is 7.66. The lowest BCUT2D eigenvalue weighted by atomic mass is 9.92. The van der Waals surface area contributed by atoms with Crippen LogP contribution in [-0.4, -0.2) is 20.7 Å². The molecule has 3 rings (SSSR count). The molecule has 5 nitrogen and oxygen atoms in total. The van der Waals surface area contributed by atoms with Crippen molar-refractivity contribution in [2.75, 3.05) is 5.32 Å². The van der Waals surface area contributed by atoms with E-state index in [1.54, 1.807) is 10.9 Å². The van der Waals surface area contributed by atoms with Gasteiger partial charge in [0.15, 0.2) is 5.82 Å². The zero-order chi connectivity index (χ0) is 18.6. The summed E-state index contributed by atoms with van der Waals surface area (Å²) in [5.41, 5.74) is 1.93. The Kier molecular flexibility index (Phi) is 5.16. The highest BCUT2D eigenvalue weighted by molar-refractivity contribution is 5.90. The Bertz CT molecular complexity index is 864. The summed E-state index contributed by atoms with van der Waals surface area (Å²) >= 11 is 0. The fourth-order valence-corrected chi connectivity index (χ4v) is 2.60. The van der Waals surface area contributed by atoms with Crippen LogP contribution in [0.3, 0.4) is 0 Å². The van der Waals surface area contributed by atoms with Gasteiger partial charge in [0.05, 0.1) is 5.69 Å². The number of rotatable bonds is 5. The maximum absolute atomic E-state index is 12.5. The Hall–Kier alpha value is -2.95. The van der Waals surface area contributed by atoms with Crippen LogP contribution in [0.4, 0.5) is 5.82 Å². The number of amides is 1. The molecule has 26 heavy (non-hydrogen) atoms. The Balaban J connectivity index is 1.79. The smallest absolute Gasteiger partial charge is 0.225 e. The van der Waals surface area contributed by atoms with Gasteiger partial charge in [-0.2, -0.15) is 9.78 Å². The van der Waals surface area contributed by atoms with E-state index >= 15 is 0 Å². The molecule has 0 saturated heterocycles. The second-order valence-corrected chi connectivity index (χ2v) is 7.30. The van der Waals surface area contributed by atoms with Gasteiger partial charge in [0.2, 0.25) is 5.91 Å². The van der Waals surface area contributed by atoms with Crippen molar-refractivity contribution in [3.05, 3.63) is 72.1 Å². The lowest BCUT2D eigenvalue weighted by Crippen LogP contribution is -2.16. The van der Waals surface area contributed by atoms with E-state index in [1.807, 2.05) is 54.6 Å².